The Labute approximate surface area is 124 Å². The third-order valence-electron chi connectivity index (χ3n) is 3.39. The largest absolute Gasteiger partial charge is 0.305 e. The van der Waals surface area contributed by atoms with Crippen LogP contribution in [0.3, 0.4) is 0 Å². The van der Waals surface area contributed by atoms with Gasteiger partial charge in [0.25, 0.3) is 10.0 Å². The third-order valence-corrected chi connectivity index (χ3v) is 7.40. The first-order valence-corrected chi connectivity index (χ1v) is 9.08. The van der Waals surface area contributed by atoms with E-state index in [1.54, 1.807) is 10.4 Å². The first-order valence-electron chi connectivity index (χ1n) is 6.29. The Morgan fingerprint density at radius 3 is 2.68 bits per heavy atom. The van der Waals surface area contributed by atoms with Gasteiger partial charge in [0.2, 0.25) is 0 Å². The van der Waals surface area contributed by atoms with Crippen molar-refractivity contribution in [1.82, 2.24) is 9.21 Å². The zero-order valence-corrected chi connectivity index (χ0v) is 13.6. The van der Waals surface area contributed by atoms with Crippen LogP contribution in [0.2, 0.25) is 0 Å². The van der Waals surface area contributed by atoms with E-state index in [-0.39, 0.29) is 0 Å². The molecule has 0 amide bonds. The molecule has 1 aliphatic rings. The van der Waals surface area contributed by atoms with Crippen LogP contribution in [0.5, 0.6) is 0 Å². The van der Waals surface area contributed by atoms with Crippen molar-refractivity contribution in [2.24, 2.45) is 0 Å². The van der Waals surface area contributed by atoms with Crippen molar-refractivity contribution >= 4 is 33.0 Å². The number of rotatable bonds is 3. The van der Waals surface area contributed by atoms with Gasteiger partial charge in [-0.25, -0.2) is 8.42 Å². The Hall–Kier alpha value is -0.140. The van der Waals surface area contributed by atoms with Gasteiger partial charge in [0.15, 0.2) is 0 Å². The van der Waals surface area contributed by atoms with E-state index in [0.717, 1.165) is 30.0 Å². The van der Waals surface area contributed by atoms with Crippen molar-refractivity contribution in [2.45, 2.75) is 23.4 Å². The lowest BCUT2D eigenvalue weighted by Gasteiger charge is -2.19. The van der Waals surface area contributed by atoms with Gasteiger partial charge in [0.1, 0.15) is 4.21 Å². The molecule has 0 aromatic carbocycles. The molecule has 0 saturated carbocycles. The van der Waals surface area contributed by atoms with Crippen molar-refractivity contribution in [3.8, 4) is 0 Å². The number of thiophene rings is 1. The van der Waals surface area contributed by atoms with E-state index in [2.05, 4.69) is 4.90 Å². The lowest BCUT2D eigenvalue weighted by molar-refractivity contribution is 0.347. The molecule has 19 heavy (non-hydrogen) atoms. The van der Waals surface area contributed by atoms with E-state index in [1.165, 1.54) is 11.3 Å². The fourth-order valence-electron chi connectivity index (χ4n) is 2.14. The van der Waals surface area contributed by atoms with E-state index in [0.29, 0.717) is 23.2 Å². The summed E-state index contributed by atoms with van der Waals surface area (Å²) in [7, 11) is -1.33. The molecule has 7 heteroatoms. The van der Waals surface area contributed by atoms with Crippen LogP contribution in [0.4, 0.5) is 0 Å². The third kappa shape index (κ3) is 3.31. The molecular weight excluding hydrogens is 304 g/mol. The predicted octanol–water partition coefficient (Wildman–Crippen LogP) is 2.12. The van der Waals surface area contributed by atoms with Gasteiger partial charge in [0.05, 0.1) is 5.88 Å². The van der Waals surface area contributed by atoms with Gasteiger partial charge in [-0.1, -0.05) is 0 Å². The van der Waals surface area contributed by atoms with Crippen LogP contribution in [-0.4, -0.2) is 50.8 Å². The fourth-order valence-corrected chi connectivity index (χ4v) is 5.58. The Bertz CT molecular complexity index is 542. The minimum absolute atomic E-state index is 0.370. The number of sulfonamides is 1. The highest BCUT2D eigenvalue weighted by atomic mass is 35.5. The van der Waals surface area contributed by atoms with Crippen molar-refractivity contribution < 1.29 is 8.42 Å². The maximum absolute atomic E-state index is 12.6. The molecule has 2 heterocycles. The van der Waals surface area contributed by atoms with Crippen LogP contribution in [0, 0.1) is 6.92 Å². The molecule has 1 aromatic rings. The molecule has 1 fully saturated rings. The van der Waals surface area contributed by atoms with E-state index >= 15 is 0 Å². The topological polar surface area (TPSA) is 40.6 Å². The minimum Gasteiger partial charge on any atom is -0.305 e. The number of hydrogen-bond donors (Lipinski definition) is 0. The number of alkyl halides is 1. The van der Waals surface area contributed by atoms with E-state index < -0.39 is 10.0 Å². The molecule has 0 atom stereocenters. The minimum atomic E-state index is -3.35. The number of nitrogens with zero attached hydrogens (tertiary/aromatic N) is 2. The second-order valence-corrected chi connectivity index (χ2v) is 8.43. The monoisotopic (exact) mass is 322 g/mol. The summed E-state index contributed by atoms with van der Waals surface area (Å²) in [6, 6.07) is 1.74. The van der Waals surface area contributed by atoms with Gasteiger partial charge in [-0.2, -0.15) is 4.31 Å². The number of halogens is 1. The summed E-state index contributed by atoms with van der Waals surface area (Å²) in [5.41, 5.74) is 0.963. The number of likely N-dealkylation sites (N-methyl/N-ethyl adjacent to an activating group) is 1. The molecule has 0 radical (unpaired) electrons. The van der Waals surface area contributed by atoms with Gasteiger partial charge >= 0.3 is 0 Å². The summed E-state index contributed by atoms with van der Waals surface area (Å²) in [5.74, 6) is 0.370. The van der Waals surface area contributed by atoms with Gasteiger partial charge in [0, 0.05) is 24.5 Å². The molecule has 1 aromatic heterocycles. The van der Waals surface area contributed by atoms with Gasteiger partial charge in [-0.05, 0) is 38.6 Å². The second-order valence-electron chi connectivity index (χ2n) is 4.87. The van der Waals surface area contributed by atoms with Crippen molar-refractivity contribution in [2.75, 3.05) is 33.2 Å². The fraction of sp³-hybridized carbons (Fsp3) is 0.667. The molecule has 4 nitrogen and oxygen atoms in total. The SMILES string of the molecule is Cc1cc(S(=O)(=O)N2CCCN(C)CC2)sc1CCl. The Kier molecular flexibility index (Phi) is 4.89. The first-order chi connectivity index (χ1) is 8.95. The van der Waals surface area contributed by atoms with Crippen LogP contribution in [-0.2, 0) is 15.9 Å². The van der Waals surface area contributed by atoms with Crippen LogP contribution >= 0.6 is 22.9 Å². The van der Waals surface area contributed by atoms with E-state index in [9.17, 15) is 8.42 Å². The molecule has 0 unspecified atom stereocenters. The first kappa shape index (κ1) is 15.3. The van der Waals surface area contributed by atoms with Gasteiger partial charge in [-0.3, -0.25) is 0 Å². The number of hydrogen-bond acceptors (Lipinski definition) is 4. The summed E-state index contributed by atoms with van der Waals surface area (Å²) in [6.07, 6.45) is 0.877. The maximum atomic E-state index is 12.6. The second kappa shape index (κ2) is 6.10. The molecule has 108 valence electrons. The van der Waals surface area contributed by atoms with Gasteiger partial charge < -0.3 is 4.90 Å². The highest BCUT2D eigenvalue weighted by Crippen LogP contribution is 2.29. The summed E-state index contributed by atoms with van der Waals surface area (Å²) >= 11 is 7.11. The summed E-state index contributed by atoms with van der Waals surface area (Å²) in [4.78, 5) is 3.10. The average Bonchev–Trinajstić information content (AvgIpc) is 2.60. The van der Waals surface area contributed by atoms with Crippen molar-refractivity contribution in [3.05, 3.63) is 16.5 Å². The predicted molar refractivity (Wildman–Crippen MR) is 79.5 cm³/mol. The summed E-state index contributed by atoms with van der Waals surface area (Å²) in [6.45, 7) is 4.80. The summed E-state index contributed by atoms with van der Waals surface area (Å²) < 4.78 is 27.2. The zero-order chi connectivity index (χ0) is 14.0. The lowest BCUT2D eigenvalue weighted by Crippen LogP contribution is -2.34. The molecule has 0 bridgehead atoms. The lowest BCUT2D eigenvalue weighted by atomic mass is 10.3. The molecular formula is C12H19ClN2O2S2. The Balaban J connectivity index is 2.25. The Morgan fingerprint density at radius 2 is 2.05 bits per heavy atom. The van der Waals surface area contributed by atoms with E-state index in [4.69, 9.17) is 11.6 Å². The van der Waals surface area contributed by atoms with E-state index in [1.807, 2.05) is 14.0 Å². The average molecular weight is 323 g/mol. The van der Waals surface area contributed by atoms with Crippen LogP contribution in [0.25, 0.3) is 0 Å². The summed E-state index contributed by atoms with van der Waals surface area (Å²) in [5, 5.41) is 0. The standard InChI is InChI=1S/C12H19ClN2O2S2/c1-10-8-12(18-11(10)9-13)19(16,17)15-5-3-4-14(2)6-7-15/h8H,3-7,9H2,1-2H3. The molecule has 1 aliphatic heterocycles. The normalized spacial score (nSPS) is 19.5. The molecule has 2 rings (SSSR count). The van der Waals surface area contributed by atoms with Crippen molar-refractivity contribution in [3.63, 3.8) is 0 Å². The Morgan fingerprint density at radius 1 is 1.32 bits per heavy atom. The molecule has 0 aliphatic carbocycles. The van der Waals surface area contributed by atoms with Crippen molar-refractivity contribution in [1.29, 1.82) is 0 Å². The van der Waals surface area contributed by atoms with Crippen LogP contribution in [0.15, 0.2) is 10.3 Å². The maximum Gasteiger partial charge on any atom is 0.252 e. The highest BCUT2D eigenvalue weighted by molar-refractivity contribution is 7.91. The van der Waals surface area contributed by atoms with Crippen LogP contribution < -0.4 is 0 Å². The number of aryl methyl sites for hydroxylation is 1. The smallest absolute Gasteiger partial charge is 0.252 e. The molecule has 0 spiro atoms. The molecule has 0 N–H and O–H groups in total. The quantitative estimate of drug-likeness (QED) is 0.800. The molecule has 1 saturated heterocycles. The van der Waals surface area contributed by atoms with Crippen LogP contribution in [0.1, 0.15) is 16.9 Å². The highest BCUT2D eigenvalue weighted by Gasteiger charge is 2.28. The van der Waals surface area contributed by atoms with Gasteiger partial charge in [-0.15, -0.1) is 22.9 Å². The zero-order valence-electron chi connectivity index (χ0n) is 11.2.